The molecule has 1 N–H and O–H groups in total. The van der Waals surface area contributed by atoms with Crippen molar-refractivity contribution >= 4 is 17.3 Å². The van der Waals surface area contributed by atoms with E-state index in [2.05, 4.69) is 22.5 Å². The Kier molecular flexibility index (Phi) is 6.35. The second-order valence-corrected chi connectivity index (χ2v) is 7.90. The van der Waals surface area contributed by atoms with Crippen molar-refractivity contribution < 1.29 is 9.59 Å². The SMILES string of the molecule is CN(C(=O)c1cnn2ccccc12)[C@H](CCNC(=O)c1cccn1C)Cc1ccccc1. The van der Waals surface area contributed by atoms with Crippen molar-refractivity contribution in [1.29, 1.82) is 0 Å². The zero-order chi connectivity index (χ0) is 22.5. The topological polar surface area (TPSA) is 71.6 Å². The Morgan fingerprint density at radius 2 is 1.81 bits per heavy atom. The van der Waals surface area contributed by atoms with E-state index < -0.39 is 0 Å². The third kappa shape index (κ3) is 4.56. The molecule has 0 aliphatic carbocycles. The number of benzene rings is 1. The van der Waals surface area contributed by atoms with Gasteiger partial charge in [0.1, 0.15) is 5.69 Å². The third-order valence-electron chi connectivity index (χ3n) is 5.78. The van der Waals surface area contributed by atoms with E-state index in [1.807, 2.05) is 69.0 Å². The van der Waals surface area contributed by atoms with Gasteiger partial charge in [-0.25, -0.2) is 4.52 Å². The van der Waals surface area contributed by atoms with E-state index in [9.17, 15) is 9.59 Å². The lowest BCUT2D eigenvalue weighted by Gasteiger charge is -2.28. The fraction of sp³-hybridized carbons (Fsp3) is 0.240. The molecule has 32 heavy (non-hydrogen) atoms. The van der Waals surface area contributed by atoms with Crippen LogP contribution in [0.25, 0.3) is 5.52 Å². The van der Waals surface area contributed by atoms with Crippen LogP contribution in [0.5, 0.6) is 0 Å². The summed E-state index contributed by atoms with van der Waals surface area (Å²) < 4.78 is 3.49. The molecule has 1 atom stereocenters. The molecule has 0 aliphatic rings. The Morgan fingerprint density at radius 1 is 1.03 bits per heavy atom. The maximum absolute atomic E-state index is 13.4. The molecule has 164 valence electrons. The molecule has 0 aliphatic heterocycles. The first-order valence-corrected chi connectivity index (χ1v) is 10.7. The average Bonchev–Trinajstić information content (AvgIpc) is 3.44. The summed E-state index contributed by atoms with van der Waals surface area (Å²) in [5, 5.41) is 7.28. The average molecular weight is 430 g/mol. The van der Waals surface area contributed by atoms with Crippen molar-refractivity contribution in [3.8, 4) is 0 Å². The first-order chi connectivity index (χ1) is 15.5. The summed E-state index contributed by atoms with van der Waals surface area (Å²) in [5.41, 5.74) is 3.10. The first-order valence-electron chi connectivity index (χ1n) is 10.7. The van der Waals surface area contributed by atoms with Crippen molar-refractivity contribution in [2.75, 3.05) is 13.6 Å². The predicted molar refractivity (Wildman–Crippen MR) is 124 cm³/mol. The van der Waals surface area contributed by atoms with Gasteiger partial charge in [-0.2, -0.15) is 5.10 Å². The lowest BCUT2D eigenvalue weighted by molar-refractivity contribution is 0.0724. The van der Waals surface area contributed by atoms with Crippen molar-refractivity contribution in [3.63, 3.8) is 0 Å². The molecular weight excluding hydrogens is 402 g/mol. The van der Waals surface area contributed by atoms with Crippen LogP contribution in [0.4, 0.5) is 0 Å². The minimum absolute atomic E-state index is 0.0825. The molecule has 4 aromatic rings. The molecule has 4 rings (SSSR count). The molecule has 3 heterocycles. The first kappa shape index (κ1) is 21.4. The van der Waals surface area contributed by atoms with Gasteiger partial charge in [0.05, 0.1) is 17.3 Å². The number of fused-ring (bicyclic) bond motifs is 1. The Labute approximate surface area is 187 Å². The van der Waals surface area contributed by atoms with Gasteiger partial charge in [0.25, 0.3) is 11.8 Å². The number of pyridine rings is 1. The fourth-order valence-electron chi connectivity index (χ4n) is 3.91. The molecule has 7 heteroatoms. The highest BCUT2D eigenvalue weighted by molar-refractivity contribution is 6.00. The molecule has 7 nitrogen and oxygen atoms in total. The Balaban J connectivity index is 1.49. The smallest absolute Gasteiger partial charge is 0.267 e. The van der Waals surface area contributed by atoms with E-state index in [1.54, 1.807) is 26.2 Å². The van der Waals surface area contributed by atoms with Crippen LogP contribution in [0, 0.1) is 0 Å². The summed E-state index contributed by atoms with van der Waals surface area (Å²) >= 11 is 0. The van der Waals surface area contributed by atoms with Crippen LogP contribution in [0.1, 0.15) is 32.8 Å². The maximum Gasteiger partial charge on any atom is 0.267 e. The van der Waals surface area contributed by atoms with Crippen LogP contribution in [-0.2, 0) is 13.5 Å². The Bertz CT molecular complexity index is 1210. The molecule has 0 fully saturated rings. The molecule has 0 bridgehead atoms. The number of hydrogen-bond acceptors (Lipinski definition) is 3. The van der Waals surface area contributed by atoms with Gasteiger partial charge >= 0.3 is 0 Å². The summed E-state index contributed by atoms with van der Waals surface area (Å²) in [7, 11) is 3.66. The standard InChI is InChI=1S/C25H27N5O2/c1-28-15-8-12-23(28)24(31)26-14-13-20(17-19-9-4-3-5-10-19)29(2)25(32)21-18-27-30-16-7-6-11-22(21)30/h3-12,15-16,18,20H,13-14,17H2,1-2H3,(H,26,31)/t20-/m1/s1. The van der Waals surface area contributed by atoms with Gasteiger partial charge in [-0.3, -0.25) is 9.59 Å². The lowest BCUT2D eigenvalue weighted by atomic mass is 10.0. The van der Waals surface area contributed by atoms with Gasteiger partial charge in [0.2, 0.25) is 0 Å². The zero-order valence-corrected chi connectivity index (χ0v) is 18.3. The second-order valence-electron chi connectivity index (χ2n) is 7.90. The molecule has 0 saturated heterocycles. The molecule has 0 radical (unpaired) electrons. The van der Waals surface area contributed by atoms with Crippen molar-refractivity contribution in [3.05, 3.63) is 96.1 Å². The number of nitrogens with zero attached hydrogens (tertiary/aromatic N) is 4. The van der Waals surface area contributed by atoms with Gasteiger partial charge < -0.3 is 14.8 Å². The van der Waals surface area contributed by atoms with Gasteiger partial charge in [-0.1, -0.05) is 36.4 Å². The molecule has 0 unspecified atom stereocenters. The fourth-order valence-corrected chi connectivity index (χ4v) is 3.91. The number of hydrogen-bond donors (Lipinski definition) is 1. The summed E-state index contributed by atoms with van der Waals surface area (Å²) in [6, 6.07) is 19.3. The van der Waals surface area contributed by atoms with Crippen molar-refractivity contribution in [1.82, 2.24) is 24.4 Å². The van der Waals surface area contributed by atoms with E-state index >= 15 is 0 Å². The predicted octanol–water partition coefficient (Wildman–Crippen LogP) is 3.18. The van der Waals surface area contributed by atoms with Crippen LogP contribution in [0.2, 0.25) is 0 Å². The highest BCUT2D eigenvalue weighted by Gasteiger charge is 2.24. The van der Waals surface area contributed by atoms with E-state index in [4.69, 9.17) is 0 Å². The van der Waals surface area contributed by atoms with Crippen LogP contribution in [0.3, 0.4) is 0 Å². The number of likely N-dealkylation sites (N-methyl/N-ethyl adjacent to an activating group) is 1. The van der Waals surface area contributed by atoms with E-state index in [-0.39, 0.29) is 17.9 Å². The summed E-state index contributed by atoms with van der Waals surface area (Å²) in [5.74, 6) is -0.200. The number of nitrogens with one attached hydrogen (secondary N) is 1. The molecule has 0 saturated carbocycles. The molecular formula is C25H27N5O2. The maximum atomic E-state index is 13.4. The highest BCUT2D eigenvalue weighted by Crippen LogP contribution is 2.17. The number of aryl methyl sites for hydroxylation is 1. The Morgan fingerprint density at radius 3 is 2.56 bits per heavy atom. The van der Waals surface area contributed by atoms with Gasteiger partial charge in [-0.05, 0) is 42.7 Å². The van der Waals surface area contributed by atoms with E-state index in [1.165, 1.54) is 0 Å². The quantitative estimate of drug-likeness (QED) is 0.468. The third-order valence-corrected chi connectivity index (χ3v) is 5.78. The van der Waals surface area contributed by atoms with E-state index in [0.717, 1.165) is 11.1 Å². The summed E-state index contributed by atoms with van der Waals surface area (Å²) in [4.78, 5) is 27.6. The minimum atomic E-state index is -0.118. The van der Waals surface area contributed by atoms with Crippen molar-refractivity contribution in [2.45, 2.75) is 18.9 Å². The zero-order valence-electron chi connectivity index (χ0n) is 18.3. The Hall–Kier alpha value is -3.87. The largest absolute Gasteiger partial charge is 0.351 e. The highest BCUT2D eigenvalue weighted by atomic mass is 16.2. The molecule has 3 aromatic heterocycles. The molecule has 2 amide bonds. The second kappa shape index (κ2) is 9.51. The number of carbonyl (C=O) groups is 2. The normalized spacial score (nSPS) is 11.9. The van der Waals surface area contributed by atoms with Crippen molar-refractivity contribution in [2.24, 2.45) is 7.05 Å². The van der Waals surface area contributed by atoms with Crippen LogP contribution in [0.15, 0.2) is 79.3 Å². The number of carbonyl (C=O) groups excluding carboxylic acids is 2. The van der Waals surface area contributed by atoms with Gasteiger partial charge in [0, 0.05) is 39.1 Å². The summed E-state index contributed by atoms with van der Waals surface area (Å²) in [6.45, 7) is 0.466. The number of rotatable bonds is 8. The van der Waals surface area contributed by atoms with E-state index in [0.29, 0.717) is 30.6 Å². The summed E-state index contributed by atoms with van der Waals surface area (Å²) in [6.07, 6.45) is 6.61. The van der Waals surface area contributed by atoms with Crippen LogP contribution < -0.4 is 5.32 Å². The van der Waals surface area contributed by atoms with Crippen LogP contribution in [-0.4, -0.2) is 50.5 Å². The lowest BCUT2D eigenvalue weighted by Crippen LogP contribution is -2.41. The monoisotopic (exact) mass is 429 g/mol. The van der Waals surface area contributed by atoms with Gasteiger partial charge in [-0.15, -0.1) is 0 Å². The number of amides is 2. The molecule has 0 spiro atoms. The minimum Gasteiger partial charge on any atom is -0.351 e. The number of aromatic nitrogens is 3. The van der Waals surface area contributed by atoms with Crippen LogP contribution >= 0.6 is 0 Å². The van der Waals surface area contributed by atoms with Gasteiger partial charge in [0.15, 0.2) is 0 Å². The molecule has 1 aromatic carbocycles.